The van der Waals surface area contributed by atoms with Gasteiger partial charge in [-0.3, -0.25) is 24.1 Å². The van der Waals surface area contributed by atoms with E-state index in [-0.39, 0.29) is 43.7 Å². The van der Waals surface area contributed by atoms with Gasteiger partial charge in [-0.25, -0.2) is 0 Å². The molecule has 0 aromatic heterocycles. The predicted molar refractivity (Wildman–Crippen MR) is 71.8 cm³/mol. The smallest absolute Gasteiger partial charge is 0.243 e. The highest BCUT2D eigenvalue weighted by Gasteiger charge is 2.32. The van der Waals surface area contributed by atoms with E-state index in [0.717, 1.165) is 4.90 Å². The van der Waals surface area contributed by atoms with Crippen molar-refractivity contribution in [3.05, 3.63) is 0 Å². The largest absolute Gasteiger partial charge is 0.348 e. The molecule has 1 saturated heterocycles. The topological polar surface area (TPSA) is 113 Å². The molecule has 1 fully saturated rings. The quantitative estimate of drug-likeness (QED) is 0.443. The lowest BCUT2D eigenvalue weighted by Crippen LogP contribution is -2.52. The fraction of sp³-hybridized carbons (Fsp3) is 0.615. The lowest BCUT2D eigenvalue weighted by atomic mass is 10.0. The van der Waals surface area contributed by atoms with Crippen LogP contribution in [0.5, 0.6) is 0 Å². The molecule has 1 unspecified atom stereocenters. The molecule has 1 aliphatic rings. The Morgan fingerprint density at radius 3 is 2.29 bits per heavy atom. The SMILES string of the molecule is CC(C)C(NC(=O)CN1C(=O)CCC1=O)C(=O)NCC=O. The summed E-state index contributed by atoms with van der Waals surface area (Å²) in [4.78, 5) is 57.7. The molecule has 8 heteroatoms. The number of rotatable bonds is 7. The van der Waals surface area contributed by atoms with Crippen molar-refractivity contribution in [2.75, 3.05) is 13.1 Å². The standard InChI is InChI=1S/C13H19N3O5/c1-8(2)12(13(21)14-5-6-17)15-9(18)7-16-10(19)3-4-11(16)20/h6,8,12H,3-5,7H2,1-2H3,(H,14,21)(H,15,18). The van der Waals surface area contributed by atoms with Gasteiger partial charge in [0.2, 0.25) is 23.6 Å². The predicted octanol–water partition coefficient (Wildman–Crippen LogP) is -1.41. The minimum absolute atomic E-state index is 0.111. The zero-order valence-electron chi connectivity index (χ0n) is 12.0. The van der Waals surface area contributed by atoms with Crippen molar-refractivity contribution >= 4 is 29.9 Å². The minimum Gasteiger partial charge on any atom is -0.348 e. The Morgan fingerprint density at radius 2 is 1.81 bits per heavy atom. The number of carbonyl (C=O) groups is 5. The van der Waals surface area contributed by atoms with E-state index < -0.39 is 17.9 Å². The van der Waals surface area contributed by atoms with Crippen molar-refractivity contribution in [3.8, 4) is 0 Å². The average Bonchev–Trinajstić information content (AvgIpc) is 2.73. The first kappa shape index (κ1) is 16.8. The van der Waals surface area contributed by atoms with E-state index in [1.165, 1.54) is 0 Å². The highest BCUT2D eigenvalue weighted by atomic mass is 16.2. The summed E-state index contributed by atoms with van der Waals surface area (Å²) in [5.41, 5.74) is 0. The molecule has 0 aromatic carbocycles. The van der Waals surface area contributed by atoms with Gasteiger partial charge in [-0.05, 0) is 5.92 Å². The molecule has 21 heavy (non-hydrogen) atoms. The number of amides is 4. The maximum atomic E-state index is 11.9. The second-order valence-electron chi connectivity index (χ2n) is 5.07. The number of nitrogens with zero attached hydrogens (tertiary/aromatic N) is 1. The van der Waals surface area contributed by atoms with Gasteiger partial charge in [0.15, 0.2) is 0 Å². The van der Waals surface area contributed by atoms with Gasteiger partial charge in [-0.15, -0.1) is 0 Å². The van der Waals surface area contributed by atoms with Gasteiger partial charge >= 0.3 is 0 Å². The van der Waals surface area contributed by atoms with Gasteiger partial charge in [0, 0.05) is 12.8 Å². The van der Waals surface area contributed by atoms with E-state index in [9.17, 15) is 24.0 Å². The van der Waals surface area contributed by atoms with Crippen molar-refractivity contribution in [1.82, 2.24) is 15.5 Å². The van der Waals surface area contributed by atoms with Gasteiger partial charge in [-0.2, -0.15) is 0 Å². The molecule has 4 amide bonds. The van der Waals surface area contributed by atoms with E-state index in [0.29, 0.717) is 6.29 Å². The van der Waals surface area contributed by atoms with Crippen molar-refractivity contribution in [2.45, 2.75) is 32.7 Å². The molecule has 1 aliphatic heterocycles. The summed E-state index contributed by atoms with van der Waals surface area (Å²) in [5, 5.41) is 4.84. The van der Waals surface area contributed by atoms with E-state index >= 15 is 0 Å². The van der Waals surface area contributed by atoms with Crippen LogP contribution in [0.2, 0.25) is 0 Å². The van der Waals surface area contributed by atoms with Gasteiger partial charge in [0.05, 0.1) is 6.54 Å². The van der Waals surface area contributed by atoms with Crippen LogP contribution in [0, 0.1) is 5.92 Å². The van der Waals surface area contributed by atoms with Crippen molar-refractivity contribution in [2.24, 2.45) is 5.92 Å². The lowest BCUT2D eigenvalue weighted by molar-refractivity contribution is -0.142. The maximum Gasteiger partial charge on any atom is 0.243 e. The Labute approximate surface area is 122 Å². The summed E-state index contributed by atoms with van der Waals surface area (Å²) < 4.78 is 0. The zero-order valence-corrected chi connectivity index (χ0v) is 12.0. The third kappa shape index (κ3) is 4.66. The molecule has 0 saturated carbocycles. The first-order chi connectivity index (χ1) is 9.86. The minimum atomic E-state index is -0.828. The van der Waals surface area contributed by atoms with Crippen molar-refractivity contribution in [3.63, 3.8) is 0 Å². The van der Waals surface area contributed by atoms with Crippen LogP contribution in [0.15, 0.2) is 0 Å². The fourth-order valence-electron chi connectivity index (χ4n) is 1.95. The summed E-state index contributed by atoms with van der Waals surface area (Å²) in [7, 11) is 0. The number of hydrogen-bond donors (Lipinski definition) is 2. The first-order valence-electron chi connectivity index (χ1n) is 6.70. The Bertz CT molecular complexity index is 445. The molecule has 8 nitrogen and oxygen atoms in total. The Kier molecular flexibility index (Phi) is 6.01. The highest BCUT2D eigenvalue weighted by molar-refractivity contribution is 6.04. The second-order valence-corrected chi connectivity index (χ2v) is 5.07. The van der Waals surface area contributed by atoms with Crippen LogP contribution in [0.4, 0.5) is 0 Å². The Morgan fingerprint density at radius 1 is 1.24 bits per heavy atom. The van der Waals surface area contributed by atoms with Crippen LogP contribution in [0.3, 0.4) is 0 Å². The van der Waals surface area contributed by atoms with Crippen LogP contribution < -0.4 is 10.6 Å². The fourth-order valence-corrected chi connectivity index (χ4v) is 1.95. The molecule has 1 rings (SSSR count). The second kappa shape index (κ2) is 7.51. The van der Waals surface area contributed by atoms with E-state index in [1.807, 2.05) is 0 Å². The summed E-state index contributed by atoms with van der Waals surface area (Å²) in [6.07, 6.45) is 0.762. The summed E-state index contributed by atoms with van der Waals surface area (Å²) in [6, 6.07) is -0.828. The van der Waals surface area contributed by atoms with E-state index in [4.69, 9.17) is 0 Å². The number of aldehydes is 1. The van der Waals surface area contributed by atoms with Gasteiger partial charge in [0.25, 0.3) is 0 Å². The first-order valence-corrected chi connectivity index (χ1v) is 6.70. The molecule has 1 heterocycles. The normalized spacial score (nSPS) is 16.0. The number of likely N-dealkylation sites (tertiary alicyclic amines) is 1. The van der Waals surface area contributed by atoms with Crippen LogP contribution in [-0.2, 0) is 24.0 Å². The van der Waals surface area contributed by atoms with Crippen molar-refractivity contribution < 1.29 is 24.0 Å². The maximum absolute atomic E-state index is 11.9. The average molecular weight is 297 g/mol. The monoisotopic (exact) mass is 297 g/mol. The number of carbonyl (C=O) groups excluding carboxylic acids is 5. The van der Waals surface area contributed by atoms with E-state index in [1.54, 1.807) is 13.8 Å². The van der Waals surface area contributed by atoms with Crippen molar-refractivity contribution in [1.29, 1.82) is 0 Å². The molecule has 0 spiro atoms. The number of hydrogen-bond acceptors (Lipinski definition) is 5. The van der Waals surface area contributed by atoms with Gasteiger partial charge < -0.3 is 15.4 Å². The third-order valence-corrected chi connectivity index (χ3v) is 3.08. The number of imide groups is 1. The molecule has 0 radical (unpaired) electrons. The molecular weight excluding hydrogens is 278 g/mol. The molecule has 2 N–H and O–H groups in total. The summed E-state index contributed by atoms with van der Waals surface area (Å²) >= 11 is 0. The Balaban J connectivity index is 2.60. The number of nitrogens with one attached hydrogen (secondary N) is 2. The third-order valence-electron chi connectivity index (χ3n) is 3.08. The van der Waals surface area contributed by atoms with Gasteiger partial charge in [0.1, 0.15) is 18.9 Å². The molecule has 0 aliphatic carbocycles. The van der Waals surface area contributed by atoms with Crippen LogP contribution in [-0.4, -0.2) is 53.9 Å². The van der Waals surface area contributed by atoms with Crippen LogP contribution >= 0.6 is 0 Å². The molecule has 0 bridgehead atoms. The van der Waals surface area contributed by atoms with Gasteiger partial charge in [-0.1, -0.05) is 13.8 Å². The highest BCUT2D eigenvalue weighted by Crippen LogP contribution is 2.11. The van der Waals surface area contributed by atoms with E-state index in [2.05, 4.69) is 10.6 Å². The Hall–Kier alpha value is -2.25. The lowest BCUT2D eigenvalue weighted by Gasteiger charge is -2.22. The molecule has 1 atom stereocenters. The van der Waals surface area contributed by atoms with Crippen LogP contribution in [0.25, 0.3) is 0 Å². The summed E-state index contributed by atoms with van der Waals surface area (Å²) in [6.45, 7) is 2.94. The van der Waals surface area contributed by atoms with Crippen LogP contribution in [0.1, 0.15) is 26.7 Å². The molecule has 116 valence electrons. The molecular formula is C13H19N3O5. The molecule has 0 aromatic rings. The zero-order chi connectivity index (χ0) is 16.0. The summed E-state index contributed by atoms with van der Waals surface area (Å²) in [5.74, 6) is -2.04.